The van der Waals surface area contributed by atoms with Crippen molar-refractivity contribution in [1.29, 1.82) is 0 Å². The van der Waals surface area contributed by atoms with Crippen LogP contribution in [0, 0.1) is 0 Å². The largest absolute Gasteiger partial charge is 0.427 e. The molecule has 0 aromatic heterocycles. The van der Waals surface area contributed by atoms with Gasteiger partial charge in [-0.1, -0.05) is 0 Å². The van der Waals surface area contributed by atoms with Crippen molar-refractivity contribution in [2.75, 3.05) is 0 Å². The van der Waals surface area contributed by atoms with E-state index in [4.69, 9.17) is 5.73 Å². The summed E-state index contributed by atoms with van der Waals surface area (Å²) in [5.41, 5.74) is 4.68. The predicted molar refractivity (Wildman–Crippen MR) is 62.0 cm³/mol. The van der Waals surface area contributed by atoms with Crippen LogP contribution in [0.5, 0.6) is 11.5 Å². The van der Waals surface area contributed by atoms with E-state index < -0.39 is 24.2 Å². The molecular weight excluding hydrogens is 279 g/mol. The van der Waals surface area contributed by atoms with Crippen molar-refractivity contribution in [3.63, 3.8) is 0 Å². The first-order valence-corrected chi connectivity index (χ1v) is 5.43. The molecular formula is C12H12F3NO4. The van der Waals surface area contributed by atoms with E-state index in [1.54, 1.807) is 0 Å². The van der Waals surface area contributed by atoms with Gasteiger partial charge >= 0.3 is 18.1 Å². The van der Waals surface area contributed by atoms with Gasteiger partial charge in [0.2, 0.25) is 0 Å². The van der Waals surface area contributed by atoms with Gasteiger partial charge in [0.1, 0.15) is 17.5 Å². The van der Waals surface area contributed by atoms with Crippen LogP contribution in [0.4, 0.5) is 13.2 Å². The molecule has 1 rings (SSSR count). The average molecular weight is 291 g/mol. The highest BCUT2D eigenvalue weighted by Crippen LogP contribution is 2.34. The van der Waals surface area contributed by atoms with Gasteiger partial charge in [-0.05, 0) is 17.7 Å². The van der Waals surface area contributed by atoms with E-state index in [1.165, 1.54) is 0 Å². The summed E-state index contributed by atoms with van der Waals surface area (Å²) in [6, 6.07) is 0.765. The molecule has 0 amide bonds. The molecule has 2 N–H and O–H groups in total. The minimum absolute atomic E-state index is 0.189. The Morgan fingerprint density at radius 2 is 1.45 bits per heavy atom. The number of esters is 2. The van der Waals surface area contributed by atoms with Crippen LogP contribution in [-0.4, -0.2) is 18.1 Å². The van der Waals surface area contributed by atoms with Crippen molar-refractivity contribution in [3.8, 4) is 11.5 Å². The Morgan fingerprint density at radius 1 is 1.05 bits per heavy atom. The number of hydrogen-bond donors (Lipinski definition) is 1. The molecule has 1 atom stereocenters. The summed E-state index contributed by atoms with van der Waals surface area (Å²) in [4.78, 5) is 21.7. The van der Waals surface area contributed by atoms with Crippen LogP contribution in [0.15, 0.2) is 18.2 Å². The summed E-state index contributed by atoms with van der Waals surface area (Å²) in [7, 11) is 0. The van der Waals surface area contributed by atoms with Crippen LogP contribution < -0.4 is 15.2 Å². The highest BCUT2D eigenvalue weighted by atomic mass is 19.4. The second kappa shape index (κ2) is 5.91. The summed E-state index contributed by atoms with van der Waals surface area (Å²) in [5, 5.41) is 0. The van der Waals surface area contributed by atoms with Gasteiger partial charge in [0, 0.05) is 19.9 Å². The second-order valence-electron chi connectivity index (χ2n) is 3.94. The number of ether oxygens (including phenoxy) is 2. The number of nitrogens with two attached hydrogens (primary N) is 1. The van der Waals surface area contributed by atoms with Crippen molar-refractivity contribution < 1.29 is 32.2 Å². The molecule has 0 spiro atoms. The van der Waals surface area contributed by atoms with Crippen LogP contribution in [-0.2, 0) is 9.59 Å². The zero-order valence-corrected chi connectivity index (χ0v) is 10.7. The third kappa shape index (κ3) is 4.54. The zero-order chi connectivity index (χ0) is 15.5. The Kier molecular flexibility index (Phi) is 4.72. The Balaban J connectivity index is 3.22. The molecule has 5 nitrogen and oxygen atoms in total. The van der Waals surface area contributed by atoms with Crippen molar-refractivity contribution in [2.45, 2.75) is 26.1 Å². The molecule has 0 aliphatic heterocycles. The molecule has 0 saturated carbocycles. The van der Waals surface area contributed by atoms with E-state index in [-0.39, 0.29) is 17.1 Å². The van der Waals surface area contributed by atoms with Crippen LogP contribution >= 0.6 is 0 Å². The summed E-state index contributed by atoms with van der Waals surface area (Å²) in [6.45, 7) is 2.17. The summed E-state index contributed by atoms with van der Waals surface area (Å²) < 4.78 is 47.1. The SMILES string of the molecule is CC(=O)Oc1cc(OC(C)=O)cc([C@H](N)C(F)(F)F)c1. The third-order valence-corrected chi connectivity index (χ3v) is 2.14. The van der Waals surface area contributed by atoms with Crippen LogP contribution in [0.3, 0.4) is 0 Å². The van der Waals surface area contributed by atoms with Gasteiger partial charge in [-0.15, -0.1) is 0 Å². The maximum absolute atomic E-state index is 12.6. The maximum atomic E-state index is 12.6. The Labute approximate surface area is 112 Å². The number of halogens is 3. The van der Waals surface area contributed by atoms with Crippen molar-refractivity contribution >= 4 is 11.9 Å². The quantitative estimate of drug-likeness (QED) is 0.681. The first-order valence-electron chi connectivity index (χ1n) is 5.43. The van der Waals surface area contributed by atoms with Gasteiger partial charge in [-0.25, -0.2) is 0 Å². The minimum Gasteiger partial charge on any atom is -0.427 e. The van der Waals surface area contributed by atoms with Gasteiger partial charge in [0.15, 0.2) is 0 Å². The molecule has 8 heteroatoms. The van der Waals surface area contributed by atoms with E-state index in [0.717, 1.165) is 32.0 Å². The highest BCUT2D eigenvalue weighted by molar-refractivity contribution is 5.71. The average Bonchev–Trinajstić information content (AvgIpc) is 2.24. The molecule has 0 heterocycles. The molecule has 0 saturated heterocycles. The second-order valence-corrected chi connectivity index (χ2v) is 3.94. The normalized spacial score (nSPS) is 12.7. The Morgan fingerprint density at radius 3 is 1.75 bits per heavy atom. The Hall–Kier alpha value is -2.09. The van der Waals surface area contributed by atoms with E-state index >= 15 is 0 Å². The fourth-order valence-corrected chi connectivity index (χ4v) is 1.41. The lowest BCUT2D eigenvalue weighted by Gasteiger charge is -2.17. The van der Waals surface area contributed by atoms with Crippen LogP contribution in [0.1, 0.15) is 25.5 Å². The van der Waals surface area contributed by atoms with E-state index in [0.29, 0.717) is 0 Å². The molecule has 0 bridgehead atoms. The maximum Gasteiger partial charge on any atom is 0.407 e. The van der Waals surface area contributed by atoms with Gasteiger partial charge in [0.05, 0.1) is 0 Å². The highest BCUT2D eigenvalue weighted by Gasteiger charge is 2.38. The molecule has 0 fully saturated rings. The molecule has 0 unspecified atom stereocenters. The van der Waals surface area contributed by atoms with E-state index in [9.17, 15) is 22.8 Å². The lowest BCUT2D eigenvalue weighted by atomic mass is 10.1. The van der Waals surface area contributed by atoms with Crippen molar-refractivity contribution in [1.82, 2.24) is 0 Å². The molecule has 1 aromatic rings. The molecule has 0 radical (unpaired) electrons. The molecule has 0 aliphatic carbocycles. The third-order valence-electron chi connectivity index (χ3n) is 2.14. The van der Waals surface area contributed by atoms with Gasteiger partial charge < -0.3 is 15.2 Å². The first-order chi connectivity index (χ1) is 9.09. The lowest BCUT2D eigenvalue weighted by molar-refractivity contribution is -0.149. The number of rotatable bonds is 3. The first kappa shape index (κ1) is 16.0. The van der Waals surface area contributed by atoms with Gasteiger partial charge in [0.25, 0.3) is 0 Å². The lowest BCUT2D eigenvalue weighted by Crippen LogP contribution is -2.28. The van der Waals surface area contributed by atoms with Crippen LogP contribution in [0.2, 0.25) is 0 Å². The number of carbonyl (C=O) groups excluding carboxylic acids is 2. The van der Waals surface area contributed by atoms with Crippen molar-refractivity contribution in [3.05, 3.63) is 23.8 Å². The molecule has 110 valence electrons. The summed E-state index contributed by atoms with van der Waals surface area (Å²) >= 11 is 0. The number of alkyl halides is 3. The molecule has 0 aliphatic rings. The fourth-order valence-electron chi connectivity index (χ4n) is 1.41. The smallest absolute Gasteiger partial charge is 0.407 e. The molecule has 1 aromatic carbocycles. The topological polar surface area (TPSA) is 78.6 Å². The fraction of sp³-hybridized carbons (Fsp3) is 0.333. The standard InChI is InChI=1S/C12H12F3NO4/c1-6(17)19-9-3-8(11(16)12(13,14)15)4-10(5-9)20-7(2)18/h3-5,11H,16H2,1-2H3/t11-/m0/s1. The minimum atomic E-state index is -4.68. The summed E-state index contributed by atoms with van der Waals surface area (Å²) in [6.07, 6.45) is -4.68. The summed E-state index contributed by atoms with van der Waals surface area (Å²) in [5.74, 6) is -1.83. The number of hydrogen-bond acceptors (Lipinski definition) is 5. The van der Waals surface area contributed by atoms with E-state index in [1.807, 2.05) is 0 Å². The monoisotopic (exact) mass is 291 g/mol. The predicted octanol–water partition coefficient (Wildman–Crippen LogP) is 2.10. The Bertz CT molecular complexity index is 494. The van der Waals surface area contributed by atoms with Crippen molar-refractivity contribution in [2.24, 2.45) is 5.73 Å². The molecule has 20 heavy (non-hydrogen) atoms. The van der Waals surface area contributed by atoms with E-state index in [2.05, 4.69) is 9.47 Å². The van der Waals surface area contributed by atoms with Gasteiger partial charge in [-0.2, -0.15) is 13.2 Å². The number of carbonyl (C=O) groups is 2. The number of benzene rings is 1. The van der Waals surface area contributed by atoms with Crippen LogP contribution in [0.25, 0.3) is 0 Å². The zero-order valence-electron chi connectivity index (χ0n) is 10.7. The van der Waals surface area contributed by atoms with Gasteiger partial charge in [-0.3, -0.25) is 9.59 Å².